The van der Waals surface area contributed by atoms with Crippen molar-refractivity contribution in [1.82, 2.24) is 4.90 Å². The van der Waals surface area contributed by atoms with E-state index in [1.54, 1.807) is 19.9 Å². The van der Waals surface area contributed by atoms with Crippen molar-refractivity contribution in [3.8, 4) is 0 Å². The van der Waals surface area contributed by atoms with Crippen LogP contribution in [0.2, 0.25) is 0 Å². The Morgan fingerprint density at radius 3 is 2.36 bits per heavy atom. The summed E-state index contributed by atoms with van der Waals surface area (Å²) in [6.07, 6.45) is 1.54. The Bertz CT molecular complexity index is 422. The largest absolute Gasteiger partial charge is 0.382 e. The first-order valence-corrected chi connectivity index (χ1v) is 7.42. The summed E-state index contributed by atoms with van der Waals surface area (Å²) in [5, 5.41) is 19.0. The fourth-order valence-electron chi connectivity index (χ4n) is 1.93. The van der Waals surface area contributed by atoms with Crippen LogP contribution < -0.4 is 0 Å². The highest BCUT2D eigenvalue weighted by Gasteiger charge is 2.31. The summed E-state index contributed by atoms with van der Waals surface area (Å²) in [7, 11) is 0. The molecule has 2 N–H and O–H groups in total. The molecule has 0 saturated heterocycles. The van der Waals surface area contributed by atoms with Crippen molar-refractivity contribution < 1.29 is 24.2 Å². The second-order valence-corrected chi connectivity index (χ2v) is 5.24. The van der Waals surface area contributed by atoms with E-state index in [0.717, 1.165) is 0 Å². The number of allylic oxidation sites excluding steroid dienone is 3. The van der Waals surface area contributed by atoms with E-state index in [9.17, 15) is 24.2 Å². The molecule has 0 aliphatic rings. The number of hydrogen-bond acceptors (Lipinski definition) is 4. The predicted octanol–water partition coefficient (Wildman–Crippen LogP) is 1.60. The van der Waals surface area contributed by atoms with E-state index in [-0.39, 0.29) is 24.1 Å². The molecule has 0 aliphatic carbocycles. The molecule has 22 heavy (non-hydrogen) atoms. The van der Waals surface area contributed by atoms with Crippen molar-refractivity contribution in [1.29, 1.82) is 0 Å². The average molecular weight is 315 g/mol. The molecular formula is C16H26FNO4. The standard InChI is InChI=1S/C16H26FNO4/c1-5-9-18(16(22)15(21)14(20)10-19)12(4)11(3)7-8-13(17)6-2/h6-8,10-12,14-15,20-21H,5,9H2,1-4H3/b8-7-,13-6+/t11?,12?,14-,15?/m0/s1. The Labute approximate surface area is 131 Å². The number of nitrogens with zero attached hydrogens (tertiary/aromatic N) is 1. The van der Waals surface area contributed by atoms with Crippen molar-refractivity contribution in [2.45, 2.75) is 52.4 Å². The summed E-state index contributed by atoms with van der Waals surface area (Å²) in [4.78, 5) is 24.1. The van der Waals surface area contributed by atoms with Crippen molar-refractivity contribution in [3.05, 3.63) is 24.1 Å². The molecule has 0 fully saturated rings. The summed E-state index contributed by atoms with van der Waals surface area (Å²) < 4.78 is 13.1. The normalized spacial score (nSPS) is 17.9. The van der Waals surface area contributed by atoms with Crippen LogP contribution in [0.4, 0.5) is 4.39 Å². The lowest BCUT2D eigenvalue weighted by atomic mass is 9.99. The van der Waals surface area contributed by atoms with Gasteiger partial charge in [0.25, 0.3) is 5.91 Å². The minimum absolute atomic E-state index is 0.127. The Kier molecular flexibility index (Phi) is 9.53. The molecule has 126 valence electrons. The quantitative estimate of drug-likeness (QED) is 0.500. The Morgan fingerprint density at radius 1 is 1.32 bits per heavy atom. The zero-order chi connectivity index (χ0) is 17.3. The van der Waals surface area contributed by atoms with E-state index in [1.165, 1.54) is 17.1 Å². The van der Waals surface area contributed by atoms with Gasteiger partial charge in [-0.3, -0.25) is 4.79 Å². The van der Waals surface area contributed by atoms with Crippen LogP contribution >= 0.6 is 0 Å². The molecule has 0 aromatic carbocycles. The number of aliphatic hydroxyl groups is 2. The molecule has 0 heterocycles. The first kappa shape index (κ1) is 20.5. The van der Waals surface area contributed by atoms with Crippen LogP contribution in [-0.2, 0) is 9.59 Å². The summed E-state index contributed by atoms with van der Waals surface area (Å²) in [5.74, 6) is -1.24. The van der Waals surface area contributed by atoms with Crippen molar-refractivity contribution >= 4 is 12.2 Å². The van der Waals surface area contributed by atoms with Crippen LogP contribution in [0.5, 0.6) is 0 Å². The summed E-state index contributed by atoms with van der Waals surface area (Å²) >= 11 is 0. The number of aldehydes is 1. The van der Waals surface area contributed by atoms with Crippen LogP contribution in [0.15, 0.2) is 24.1 Å². The molecule has 0 saturated carbocycles. The zero-order valence-corrected chi connectivity index (χ0v) is 13.6. The summed E-state index contributed by atoms with van der Waals surface area (Å²) in [5.41, 5.74) is 0. The van der Waals surface area contributed by atoms with Crippen LogP contribution in [0, 0.1) is 5.92 Å². The van der Waals surface area contributed by atoms with E-state index in [2.05, 4.69) is 0 Å². The van der Waals surface area contributed by atoms with Gasteiger partial charge >= 0.3 is 0 Å². The van der Waals surface area contributed by atoms with Gasteiger partial charge in [-0.25, -0.2) is 4.39 Å². The maximum Gasteiger partial charge on any atom is 0.254 e. The average Bonchev–Trinajstić information content (AvgIpc) is 2.54. The van der Waals surface area contributed by atoms with Gasteiger partial charge < -0.3 is 19.9 Å². The number of carbonyl (C=O) groups excluding carboxylic acids is 2. The van der Waals surface area contributed by atoms with Gasteiger partial charge in [0, 0.05) is 12.6 Å². The van der Waals surface area contributed by atoms with E-state index in [1.807, 2.05) is 13.8 Å². The van der Waals surface area contributed by atoms with Crippen LogP contribution in [0.1, 0.15) is 34.1 Å². The number of aliphatic hydroxyl groups excluding tert-OH is 2. The highest BCUT2D eigenvalue weighted by atomic mass is 19.1. The molecule has 0 spiro atoms. The maximum atomic E-state index is 13.1. The molecule has 0 radical (unpaired) electrons. The lowest BCUT2D eigenvalue weighted by molar-refractivity contribution is -0.151. The number of rotatable bonds is 9. The molecule has 0 aromatic heterocycles. The van der Waals surface area contributed by atoms with Gasteiger partial charge in [-0.15, -0.1) is 0 Å². The number of amides is 1. The molecule has 3 unspecified atom stereocenters. The summed E-state index contributed by atoms with van der Waals surface area (Å²) in [6, 6.07) is -0.318. The van der Waals surface area contributed by atoms with Gasteiger partial charge in [-0.2, -0.15) is 0 Å². The molecular weight excluding hydrogens is 289 g/mol. The van der Waals surface area contributed by atoms with Crippen LogP contribution in [-0.4, -0.2) is 52.1 Å². The zero-order valence-electron chi connectivity index (χ0n) is 13.6. The Hall–Kier alpha value is -1.53. The molecule has 1 amide bonds. The summed E-state index contributed by atoms with van der Waals surface area (Å²) in [6.45, 7) is 7.42. The van der Waals surface area contributed by atoms with Gasteiger partial charge in [0.2, 0.25) is 0 Å². The SMILES string of the molecule is C/C=C(F)\C=C/C(C)C(C)N(CCC)C(=O)C(O)[C@@H](O)C=O. The number of hydrogen-bond donors (Lipinski definition) is 2. The maximum absolute atomic E-state index is 13.1. The number of carbonyl (C=O) groups is 2. The predicted molar refractivity (Wildman–Crippen MR) is 82.7 cm³/mol. The third-order valence-corrected chi connectivity index (χ3v) is 3.55. The van der Waals surface area contributed by atoms with Gasteiger partial charge in [0.1, 0.15) is 11.9 Å². The smallest absolute Gasteiger partial charge is 0.254 e. The molecule has 0 bridgehead atoms. The first-order valence-electron chi connectivity index (χ1n) is 7.42. The topological polar surface area (TPSA) is 77.8 Å². The van der Waals surface area contributed by atoms with E-state index in [0.29, 0.717) is 13.0 Å². The highest BCUT2D eigenvalue weighted by Crippen LogP contribution is 2.16. The third-order valence-electron chi connectivity index (χ3n) is 3.55. The third kappa shape index (κ3) is 6.07. The van der Waals surface area contributed by atoms with E-state index in [4.69, 9.17) is 0 Å². The number of halogens is 1. The molecule has 0 aromatic rings. The molecule has 0 rings (SSSR count). The Balaban J connectivity index is 5.10. The van der Waals surface area contributed by atoms with Gasteiger partial charge in [0.15, 0.2) is 12.4 Å². The minimum Gasteiger partial charge on any atom is -0.382 e. The van der Waals surface area contributed by atoms with Crippen molar-refractivity contribution in [2.75, 3.05) is 6.54 Å². The fraction of sp³-hybridized carbons (Fsp3) is 0.625. The second kappa shape index (κ2) is 10.2. The monoisotopic (exact) mass is 315 g/mol. The van der Waals surface area contributed by atoms with Crippen molar-refractivity contribution in [2.24, 2.45) is 5.92 Å². The van der Waals surface area contributed by atoms with Crippen LogP contribution in [0.3, 0.4) is 0 Å². The van der Waals surface area contributed by atoms with Gasteiger partial charge in [0.05, 0.1) is 0 Å². The highest BCUT2D eigenvalue weighted by molar-refractivity contribution is 5.85. The van der Waals surface area contributed by atoms with Gasteiger partial charge in [-0.1, -0.05) is 26.0 Å². The molecule has 0 aliphatic heterocycles. The van der Waals surface area contributed by atoms with Gasteiger partial charge in [-0.05, 0) is 32.3 Å². The lowest BCUT2D eigenvalue weighted by Crippen LogP contribution is -2.50. The fourth-order valence-corrected chi connectivity index (χ4v) is 1.93. The first-order chi connectivity index (χ1) is 10.3. The lowest BCUT2D eigenvalue weighted by Gasteiger charge is -2.34. The molecule has 4 atom stereocenters. The minimum atomic E-state index is -1.78. The van der Waals surface area contributed by atoms with E-state index < -0.39 is 18.1 Å². The van der Waals surface area contributed by atoms with E-state index >= 15 is 0 Å². The van der Waals surface area contributed by atoms with Crippen LogP contribution in [0.25, 0.3) is 0 Å². The molecule has 5 nitrogen and oxygen atoms in total. The van der Waals surface area contributed by atoms with Crippen molar-refractivity contribution in [3.63, 3.8) is 0 Å². The Morgan fingerprint density at radius 2 is 1.91 bits per heavy atom. The second-order valence-electron chi connectivity index (χ2n) is 5.24. The molecule has 6 heteroatoms.